The topological polar surface area (TPSA) is 71.6 Å². The lowest BCUT2D eigenvalue weighted by Gasteiger charge is -2.57. The van der Waals surface area contributed by atoms with Gasteiger partial charge in [0.25, 0.3) is 0 Å². The number of rotatable bonds is 1. The first-order valence-corrected chi connectivity index (χ1v) is 15.1. The van der Waals surface area contributed by atoms with Gasteiger partial charge >= 0.3 is 0 Å². The number of fused-ring (bicyclic) bond motifs is 9. The maximum atomic E-state index is 13.0. The molecule has 8 rings (SSSR count). The van der Waals surface area contributed by atoms with Gasteiger partial charge in [0.15, 0.2) is 17.7 Å². The molecule has 1 aromatic heterocycles. The quantitative estimate of drug-likeness (QED) is 0.341. The molecule has 6 atom stereocenters. The molecule has 3 heterocycles. The second-order valence-electron chi connectivity index (χ2n) is 12.7. The van der Waals surface area contributed by atoms with Gasteiger partial charge in [-0.25, -0.2) is 0 Å². The van der Waals surface area contributed by atoms with E-state index in [1.54, 1.807) is 0 Å². The fraction of sp³-hybridized carbons (Fsp3) is 0.514. The summed E-state index contributed by atoms with van der Waals surface area (Å²) in [7, 11) is 0. The van der Waals surface area contributed by atoms with Crippen LogP contribution in [0.25, 0.3) is 10.9 Å². The predicted octanol–water partition coefficient (Wildman–Crippen LogP) is 7.24. The van der Waals surface area contributed by atoms with Gasteiger partial charge in [-0.15, -0.1) is 0 Å². The molecule has 0 amide bonds. The number of hydrogen-bond acceptors (Lipinski definition) is 4. The minimum Gasteiger partial charge on any atom is -0.392 e. The molecule has 2 bridgehead atoms. The van der Waals surface area contributed by atoms with Crippen molar-refractivity contribution in [3.8, 4) is 0 Å². The Balaban J connectivity index is 0.000000249. The number of H-pyrrole nitrogens is 1. The minimum atomic E-state index is -0.680. The molecule has 2 N–H and O–H groups in total. The summed E-state index contributed by atoms with van der Waals surface area (Å²) in [5.74, 6) is 0.955. The van der Waals surface area contributed by atoms with Gasteiger partial charge < -0.3 is 19.6 Å². The number of benzene rings is 2. The van der Waals surface area contributed by atoms with E-state index >= 15 is 0 Å². The number of carbonyl (C=O) groups is 1. The van der Waals surface area contributed by atoms with Gasteiger partial charge in [0.1, 0.15) is 5.60 Å². The van der Waals surface area contributed by atoms with Crippen LogP contribution >= 0.6 is 0 Å². The summed E-state index contributed by atoms with van der Waals surface area (Å²) in [5, 5.41) is 9.93. The van der Waals surface area contributed by atoms with Crippen LogP contribution in [-0.4, -0.2) is 33.4 Å². The Morgan fingerprint density at radius 1 is 0.975 bits per heavy atom. The number of ketones is 1. The molecule has 3 aromatic rings. The van der Waals surface area contributed by atoms with E-state index in [0.717, 1.165) is 30.4 Å². The number of aliphatic hydroxyl groups is 1. The van der Waals surface area contributed by atoms with E-state index in [0.29, 0.717) is 17.8 Å². The van der Waals surface area contributed by atoms with Gasteiger partial charge in [-0.1, -0.05) is 69.3 Å². The molecular formula is C35H43NO4. The third kappa shape index (κ3) is 4.04. The van der Waals surface area contributed by atoms with E-state index < -0.39 is 17.5 Å². The molecule has 3 aliphatic carbocycles. The van der Waals surface area contributed by atoms with Gasteiger partial charge in [-0.05, 0) is 85.6 Å². The molecule has 2 aliphatic heterocycles. The summed E-state index contributed by atoms with van der Waals surface area (Å²) < 4.78 is 12.9. The van der Waals surface area contributed by atoms with Gasteiger partial charge in [0.2, 0.25) is 0 Å². The van der Waals surface area contributed by atoms with Crippen LogP contribution in [0.4, 0.5) is 0 Å². The van der Waals surface area contributed by atoms with Crippen LogP contribution in [0.5, 0.6) is 0 Å². The number of aliphatic hydroxyl groups excluding tert-OH is 1. The second-order valence-corrected chi connectivity index (χ2v) is 12.7. The van der Waals surface area contributed by atoms with Crippen molar-refractivity contribution in [2.75, 3.05) is 0 Å². The van der Waals surface area contributed by atoms with Crippen LogP contribution in [0.3, 0.4) is 0 Å². The average molecular weight is 542 g/mol. The predicted molar refractivity (Wildman–Crippen MR) is 158 cm³/mol. The fourth-order valence-corrected chi connectivity index (χ4v) is 8.57. The van der Waals surface area contributed by atoms with Crippen molar-refractivity contribution in [1.82, 2.24) is 4.98 Å². The zero-order valence-electron chi connectivity index (χ0n) is 24.5. The van der Waals surface area contributed by atoms with Crippen LogP contribution in [0.2, 0.25) is 0 Å². The van der Waals surface area contributed by atoms with Gasteiger partial charge in [0, 0.05) is 28.9 Å². The smallest absolute Gasteiger partial charge is 0.193 e. The van der Waals surface area contributed by atoms with E-state index in [2.05, 4.69) is 36.2 Å². The molecule has 1 spiro atoms. The Bertz CT molecular complexity index is 1440. The fourth-order valence-electron chi connectivity index (χ4n) is 8.57. The summed E-state index contributed by atoms with van der Waals surface area (Å²) in [6.45, 7) is 10.6. The highest BCUT2D eigenvalue weighted by Gasteiger charge is 2.66. The van der Waals surface area contributed by atoms with E-state index in [9.17, 15) is 4.79 Å². The molecular weight excluding hydrogens is 498 g/mol. The minimum absolute atomic E-state index is 0.0900. The molecule has 6 unspecified atom stereocenters. The monoisotopic (exact) mass is 541 g/mol. The molecule has 0 radical (unpaired) electrons. The first-order valence-electron chi connectivity index (χ1n) is 15.1. The number of hydrogen-bond donors (Lipinski definition) is 2. The lowest BCUT2D eigenvalue weighted by Crippen LogP contribution is -2.54. The first kappa shape index (κ1) is 27.4. The van der Waals surface area contributed by atoms with Crippen molar-refractivity contribution in [1.29, 1.82) is 0 Å². The summed E-state index contributed by atoms with van der Waals surface area (Å²) in [5.41, 5.74) is 5.91. The van der Waals surface area contributed by atoms with Crippen LogP contribution in [0, 0.1) is 17.3 Å². The van der Waals surface area contributed by atoms with Crippen molar-refractivity contribution in [2.24, 2.45) is 17.3 Å². The van der Waals surface area contributed by atoms with Crippen molar-refractivity contribution in [2.45, 2.75) is 96.7 Å². The lowest BCUT2D eigenvalue weighted by atomic mass is 9.50. The molecule has 5 heteroatoms. The molecule has 3 fully saturated rings. The number of carbonyl (C=O) groups excluding carboxylic acids is 1. The summed E-state index contributed by atoms with van der Waals surface area (Å²) in [4.78, 5) is 16.8. The molecule has 212 valence electrons. The first-order chi connectivity index (χ1) is 19.3. The van der Waals surface area contributed by atoms with Gasteiger partial charge in [0.05, 0.1) is 6.61 Å². The average Bonchev–Trinajstić information content (AvgIpc) is 3.58. The lowest BCUT2D eigenvalue weighted by molar-refractivity contribution is -0.199. The highest BCUT2D eigenvalue weighted by atomic mass is 16.8. The maximum Gasteiger partial charge on any atom is 0.193 e. The Kier molecular flexibility index (Phi) is 6.84. The van der Waals surface area contributed by atoms with Crippen LogP contribution < -0.4 is 0 Å². The Labute approximate surface area is 238 Å². The van der Waals surface area contributed by atoms with Crippen LogP contribution in [-0.2, 0) is 27.3 Å². The number of nitrogens with one attached hydrogen (secondary N) is 1. The Morgan fingerprint density at radius 3 is 2.42 bits per heavy atom. The zero-order chi connectivity index (χ0) is 28.3. The molecule has 2 aromatic carbocycles. The molecule has 2 saturated carbocycles. The van der Waals surface area contributed by atoms with Crippen LogP contribution in [0.15, 0.2) is 66.2 Å². The Morgan fingerprint density at radius 2 is 1.70 bits per heavy atom. The van der Waals surface area contributed by atoms with Gasteiger partial charge in [-0.2, -0.15) is 0 Å². The number of para-hydroxylation sites is 1. The third-order valence-electron chi connectivity index (χ3n) is 10.2. The van der Waals surface area contributed by atoms with Crippen molar-refractivity contribution >= 4 is 16.7 Å². The van der Waals surface area contributed by atoms with Gasteiger partial charge in [-0.3, -0.25) is 4.79 Å². The Hall–Kier alpha value is -2.73. The SMILES string of the molecule is CC.CC1(C)OC23CCC4(C)C(CCC5Cc6c([nH]c7ccccc67)C54)C2=CC(=O)C1O3.OCc1ccccc1. The normalized spacial score (nSPS) is 34.2. The van der Waals surface area contributed by atoms with E-state index in [4.69, 9.17) is 14.6 Å². The highest BCUT2D eigenvalue weighted by Crippen LogP contribution is 2.68. The molecule has 40 heavy (non-hydrogen) atoms. The van der Waals surface area contributed by atoms with E-state index in [-0.39, 0.29) is 17.8 Å². The standard InChI is InChI=1S/C26H29NO3.C7H8O.C2H6/c1-24(2)23-20(28)13-18-17-9-8-14-12-16-15-6-4-5-7-19(15)27-22(16)21(14)25(17,3)10-11-26(18,29-23)30-24;8-6-7-4-2-1-3-5-7;1-2/h4-7,13-14,17,21,23,27H,8-12H2,1-3H3;1-5,8H,6H2;1-2H3. The van der Waals surface area contributed by atoms with Crippen LogP contribution in [0.1, 0.15) is 83.0 Å². The molecule has 5 aliphatic rings. The van der Waals surface area contributed by atoms with Crippen molar-refractivity contribution in [3.63, 3.8) is 0 Å². The summed E-state index contributed by atoms with van der Waals surface area (Å²) in [6.07, 6.45) is 6.88. The van der Waals surface area contributed by atoms with E-state index in [1.807, 2.05) is 64.1 Å². The van der Waals surface area contributed by atoms with Crippen molar-refractivity contribution < 1.29 is 19.4 Å². The number of aromatic amines is 1. The number of ether oxygens (including phenoxy) is 2. The largest absolute Gasteiger partial charge is 0.392 e. The maximum absolute atomic E-state index is 13.0. The second kappa shape index (κ2) is 9.97. The molecule has 5 nitrogen and oxygen atoms in total. The molecule has 1 saturated heterocycles. The van der Waals surface area contributed by atoms with Crippen molar-refractivity contribution in [3.05, 3.63) is 83.1 Å². The summed E-state index contributed by atoms with van der Waals surface area (Å²) in [6, 6.07) is 18.3. The summed E-state index contributed by atoms with van der Waals surface area (Å²) >= 11 is 0. The van der Waals surface area contributed by atoms with E-state index in [1.165, 1.54) is 35.0 Å². The highest BCUT2D eigenvalue weighted by molar-refractivity contribution is 5.97. The zero-order valence-corrected chi connectivity index (χ0v) is 24.5. The third-order valence-corrected chi connectivity index (χ3v) is 10.2. The number of aromatic nitrogens is 1.